The standard InChI is InChI=1S/C21H19NO4S/c1-26-21(25)13-6-4-12(5-7-13)15-11-19(24)22-16-9-14(10-17(23)20(15)16)18-3-2-8-27-18/h2-8,14-15H,9-11H2,1H3,(H,22,24)/t14-,15-/m0/s1. The molecule has 1 aliphatic heterocycles. The van der Waals surface area contributed by atoms with E-state index in [1.165, 1.54) is 12.0 Å². The molecule has 138 valence electrons. The number of hydrogen-bond donors (Lipinski definition) is 1. The lowest BCUT2D eigenvalue weighted by molar-refractivity contribution is -0.122. The predicted octanol–water partition coefficient (Wildman–Crippen LogP) is 3.54. The summed E-state index contributed by atoms with van der Waals surface area (Å²) in [6.07, 6.45) is 1.38. The van der Waals surface area contributed by atoms with Crippen molar-refractivity contribution in [3.05, 3.63) is 69.1 Å². The molecule has 0 fully saturated rings. The minimum atomic E-state index is -0.407. The Balaban J connectivity index is 1.67. The summed E-state index contributed by atoms with van der Waals surface area (Å²) in [4.78, 5) is 38.1. The van der Waals surface area contributed by atoms with E-state index in [2.05, 4.69) is 5.32 Å². The van der Waals surface area contributed by atoms with Gasteiger partial charge in [0.1, 0.15) is 0 Å². The van der Waals surface area contributed by atoms with Crippen LogP contribution >= 0.6 is 11.3 Å². The molecule has 6 heteroatoms. The highest BCUT2D eigenvalue weighted by atomic mass is 32.1. The Morgan fingerprint density at radius 3 is 2.56 bits per heavy atom. The molecule has 1 aromatic heterocycles. The average Bonchev–Trinajstić information content (AvgIpc) is 3.21. The topological polar surface area (TPSA) is 72.5 Å². The first kappa shape index (κ1) is 17.7. The number of methoxy groups -OCH3 is 1. The number of Topliss-reactive ketones (excluding diaryl/α,β-unsaturated/α-hetero) is 1. The molecule has 4 rings (SSSR count). The summed E-state index contributed by atoms with van der Waals surface area (Å²) in [5, 5.41) is 4.94. The number of hydrogen-bond acceptors (Lipinski definition) is 5. The molecule has 0 saturated carbocycles. The Morgan fingerprint density at radius 1 is 1.11 bits per heavy atom. The van der Waals surface area contributed by atoms with Gasteiger partial charge in [-0.1, -0.05) is 18.2 Å². The van der Waals surface area contributed by atoms with E-state index in [9.17, 15) is 14.4 Å². The van der Waals surface area contributed by atoms with Crippen LogP contribution in [0.3, 0.4) is 0 Å². The molecule has 0 saturated heterocycles. The van der Waals surface area contributed by atoms with Gasteiger partial charge in [0.05, 0.1) is 12.7 Å². The normalized spacial score (nSPS) is 22.3. The number of allylic oxidation sites excluding steroid dienone is 2. The number of nitrogens with one attached hydrogen (secondary N) is 1. The van der Waals surface area contributed by atoms with Gasteiger partial charge in [-0.15, -0.1) is 11.3 Å². The van der Waals surface area contributed by atoms with E-state index in [4.69, 9.17) is 4.74 Å². The number of amides is 1. The zero-order valence-electron chi connectivity index (χ0n) is 14.9. The zero-order chi connectivity index (χ0) is 19.0. The summed E-state index contributed by atoms with van der Waals surface area (Å²) in [5.41, 5.74) is 2.78. The predicted molar refractivity (Wildman–Crippen MR) is 102 cm³/mol. The molecule has 0 bridgehead atoms. The Labute approximate surface area is 161 Å². The van der Waals surface area contributed by atoms with Crippen molar-refractivity contribution >= 4 is 29.0 Å². The van der Waals surface area contributed by atoms with E-state index in [1.807, 2.05) is 17.5 Å². The van der Waals surface area contributed by atoms with E-state index in [-0.39, 0.29) is 29.9 Å². The number of esters is 1. The number of ether oxygens (including phenoxy) is 1. The van der Waals surface area contributed by atoms with Gasteiger partial charge in [0, 0.05) is 40.8 Å². The van der Waals surface area contributed by atoms with E-state index in [0.29, 0.717) is 24.0 Å². The summed E-state index contributed by atoms with van der Waals surface area (Å²) in [6, 6.07) is 11.0. The number of carbonyl (C=O) groups excluding carboxylic acids is 3. The molecule has 1 amide bonds. The van der Waals surface area contributed by atoms with Crippen molar-refractivity contribution < 1.29 is 19.1 Å². The van der Waals surface area contributed by atoms with Crippen LogP contribution < -0.4 is 5.32 Å². The second-order valence-electron chi connectivity index (χ2n) is 6.85. The lowest BCUT2D eigenvalue weighted by atomic mass is 9.74. The van der Waals surface area contributed by atoms with Crippen LogP contribution in [0.1, 0.15) is 51.9 Å². The molecule has 2 aliphatic rings. The summed E-state index contributed by atoms with van der Waals surface area (Å²) in [7, 11) is 1.34. The Hall–Kier alpha value is -2.73. The minimum Gasteiger partial charge on any atom is -0.465 e. The van der Waals surface area contributed by atoms with Gasteiger partial charge >= 0.3 is 5.97 Å². The lowest BCUT2D eigenvalue weighted by Gasteiger charge is -2.34. The van der Waals surface area contributed by atoms with E-state index in [1.54, 1.807) is 35.6 Å². The Morgan fingerprint density at radius 2 is 1.89 bits per heavy atom. The second-order valence-corrected chi connectivity index (χ2v) is 7.83. The van der Waals surface area contributed by atoms with Crippen LogP contribution in [-0.4, -0.2) is 24.8 Å². The molecule has 2 heterocycles. The van der Waals surface area contributed by atoms with Gasteiger partial charge in [-0.2, -0.15) is 0 Å². The molecule has 1 aliphatic carbocycles. The fourth-order valence-corrected chi connectivity index (χ4v) is 4.77. The molecule has 0 radical (unpaired) electrons. The first-order valence-electron chi connectivity index (χ1n) is 8.84. The molecular weight excluding hydrogens is 362 g/mol. The maximum absolute atomic E-state index is 13.0. The molecule has 5 nitrogen and oxygen atoms in total. The largest absolute Gasteiger partial charge is 0.465 e. The van der Waals surface area contributed by atoms with Crippen LogP contribution in [0, 0.1) is 0 Å². The van der Waals surface area contributed by atoms with Gasteiger partial charge in [-0.25, -0.2) is 4.79 Å². The smallest absolute Gasteiger partial charge is 0.337 e. The quantitative estimate of drug-likeness (QED) is 0.826. The zero-order valence-corrected chi connectivity index (χ0v) is 15.7. The van der Waals surface area contributed by atoms with E-state index >= 15 is 0 Å². The molecule has 2 atom stereocenters. The van der Waals surface area contributed by atoms with Crippen molar-refractivity contribution in [2.24, 2.45) is 0 Å². The van der Waals surface area contributed by atoms with E-state index in [0.717, 1.165) is 11.3 Å². The van der Waals surface area contributed by atoms with Crippen LogP contribution in [0.2, 0.25) is 0 Å². The molecule has 2 aromatic rings. The third-order valence-electron chi connectivity index (χ3n) is 5.22. The SMILES string of the molecule is COC(=O)c1ccc([C@@H]2CC(=O)NC3=C2C(=O)C[C@@H](c2cccs2)C3)cc1. The molecular formula is C21H19NO4S. The van der Waals surface area contributed by atoms with E-state index < -0.39 is 5.97 Å². The van der Waals surface area contributed by atoms with Crippen LogP contribution in [0.15, 0.2) is 53.0 Å². The molecule has 1 N–H and O–H groups in total. The maximum atomic E-state index is 13.0. The number of thiophene rings is 1. The third kappa shape index (κ3) is 3.32. The number of carbonyl (C=O) groups is 3. The maximum Gasteiger partial charge on any atom is 0.337 e. The summed E-state index contributed by atoms with van der Waals surface area (Å²) < 4.78 is 4.72. The molecule has 0 unspecified atom stereocenters. The summed E-state index contributed by atoms with van der Waals surface area (Å²) >= 11 is 1.64. The molecule has 0 spiro atoms. The Kier molecular flexibility index (Phi) is 4.66. The van der Waals surface area contributed by atoms with Gasteiger partial charge in [0.25, 0.3) is 0 Å². The van der Waals surface area contributed by atoms with Crippen molar-refractivity contribution in [1.82, 2.24) is 5.32 Å². The van der Waals surface area contributed by atoms with Gasteiger partial charge in [-0.3, -0.25) is 9.59 Å². The number of ketones is 1. The van der Waals surface area contributed by atoms with Gasteiger partial charge in [-0.05, 0) is 35.6 Å². The van der Waals surface area contributed by atoms with Gasteiger partial charge in [0.15, 0.2) is 5.78 Å². The second kappa shape index (κ2) is 7.12. The van der Waals surface area contributed by atoms with Crippen LogP contribution in [0.4, 0.5) is 0 Å². The summed E-state index contributed by atoms with van der Waals surface area (Å²) in [6.45, 7) is 0. The van der Waals surface area contributed by atoms with Gasteiger partial charge in [0.2, 0.25) is 5.91 Å². The lowest BCUT2D eigenvalue weighted by Crippen LogP contribution is -2.38. The number of rotatable bonds is 3. The average molecular weight is 381 g/mol. The first-order valence-corrected chi connectivity index (χ1v) is 9.72. The van der Waals surface area contributed by atoms with Crippen molar-refractivity contribution in [1.29, 1.82) is 0 Å². The highest BCUT2D eigenvalue weighted by molar-refractivity contribution is 7.10. The minimum absolute atomic E-state index is 0.0737. The van der Waals surface area contributed by atoms with Crippen molar-refractivity contribution in [3.8, 4) is 0 Å². The summed E-state index contributed by atoms with van der Waals surface area (Å²) in [5.74, 6) is -0.531. The highest BCUT2D eigenvalue weighted by Gasteiger charge is 2.38. The van der Waals surface area contributed by atoms with Crippen LogP contribution in [-0.2, 0) is 14.3 Å². The van der Waals surface area contributed by atoms with Crippen LogP contribution in [0.25, 0.3) is 0 Å². The molecule has 27 heavy (non-hydrogen) atoms. The number of benzene rings is 1. The third-order valence-corrected chi connectivity index (χ3v) is 6.25. The fourth-order valence-electron chi connectivity index (χ4n) is 3.94. The van der Waals surface area contributed by atoms with Crippen molar-refractivity contribution in [2.45, 2.75) is 31.1 Å². The first-order chi connectivity index (χ1) is 13.1. The fraction of sp³-hybridized carbons (Fsp3) is 0.286. The molecule has 1 aromatic carbocycles. The van der Waals surface area contributed by atoms with Crippen molar-refractivity contribution in [2.75, 3.05) is 7.11 Å². The monoisotopic (exact) mass is 381 g/mol. The van der Waals surface area contributed by atoms with Crippen LogP contribution in [0.5, 0.6) is 0 Å². The van der Waals surface area contributed by atoms with Crippen molar-refractivity contribution in [3.63, 3.8) is 0 Å². The van der Waals surface area contributed by atoms with Gasteiger partial charge < -0.3 is 10.1 Å². The Bertz CT molecular complexity index is 928. The highest BCUT2D eigenvalue weighted by Crippen LogP contribution is 2.43.